The number of rotatable bonds is 4. The largest absolute Gasteiger partial charge is 0.223 e. The van der Waals surface area contributed by atoms with Crippen molar-refractivity contribution in [2.24, 2.45) is 0 Å². The molecule has 2 aliphatic carbocycles. The van der Waals surface area contributed by atoms with Gasteiger partial charge >= 0.3 is 0 Å². The zero-order valence-electron chi connectivity index (χ0n) is 17.1. The van der Waals surface area contributed by atoms with E-state index in [-0.39, 0.29) is 11.6 Å². The Morgan fingerprint density at radius 2 is 1.65 bits per heavy atom. The van der Waals surface area contributed by atoms with Crippen LogP contribution in [0.15, 0.2) is 72.8 Å². The summed E-state index contributed by atoms with van der Waals surface area (Å²) in [5, 5.41) is 0. The van der Waals surface area contributed by atoms with Crippen molar-refractivity contribution in [3.63, 3.8) is 0 Å². The molecule has 0 heterocycles. The van der Waals surface area contributed by atoms with E-state index in [1.165, 1.54) is 39.9 Å². The second-order valence-corrected chi connectivity index (χ2v) is 10.1. The van der Waals surface area contributed by atoms with Crippen LogP contribution in [0.25, 0.3) is 22.1 Å². The van der Waals surface area contributed by atoms with Gasteiger partial charge in [0.1, 0.15) is 5.82 Å². The van der Waals surface area contributed by atoms with E-state index in [1.54, 1.807) is 24.3 Å². The summed E-state index contributed by atoms with van der Waals surface area (Å²) in [7, 11) is -3.48. The molecule has 2 aliphatic rings. The highest BCUT2D eigenvalue weighted by molar-refractivity contribution is 8.00. The van der Waals surface area contributed by atoms with Gasteiger partial charge in [-0.3, -0.25) is 0 Å². The predicted molar refractivity (Wildman–Crippen MR) is 125 cm³/mol. The lowest BCUT2D eigenvalue weighted by Crippen LogP contribution is -2.15. The Hall–Kier alpha value is -2.98. The fourth-order valence-corrected chi connectivity index (χ4v) is 6.20. The van der Waals surface area contributed by atoms with Gasteiger partial charge in [0, 0.05) is 0 Å². The molecule has 2 nitrogen and oxygen atoms in total. The first-order valence-corrected chi connectivity index (χ1v) is 12.3. The van der Waals surface area contributed by atoms with E-state index in [9.17, 15) is 12.8 Å². The molecule has 31 heavy (non-hydrogen) atoms. The van der Waals surface area contributed by atoms with Crippen LogP contribution in [0, 0.1) is 5.82 Å². The number of benzene rings is 3. The minimum atomic E-state index is -3.48. The van der Waals surface area contributed by atoms with Gasteiger partial charge in [-0.2, -0.15) is 0 Å². The number of fused-ring (bicyclic) bond motifs is 5. The Labute approximate surface area is 182 Å². The van der Waals surface area contributed by atoms with Gasteiger partial charge in [0.05, 0.1) is 10.7 Å². The first-order valence-electron chi connectivity index (χ1n) is 10.6. The molecule has 4 heteroatoms. The molecule has 3 aromatic rings. The first-order chi connectivity index (χ1) is 15.0. The van der Waals surface area contributed by atoms with E-state index in [1.807, 2.05) is 12.1 Å². The van der Waals surface area contributed by atoms with Crippen LogP contribution in [0.5, 0.6) is 0 Å². The lowest BCUT2D eigenvalue weighted by atomic mass is 9.79. The van der Waals surface area contributed by atoms with Gasteiger partial charge in [0.25, 0.3) is 0 Å². The summed E-state index contributed by atoms with van der Waals surface area (Å²) in [5.74, 6) is -0.436. The van der Waals surface area contributed by atoms with Crippen molar-refractivity contribution < 1.29 is 12.8 Å². The highest BCUT2D eigenvalue weighted by atomic mass is 32.2. The quantitative estimate of drug-likeness (QED) is 0.508. The summed E-state index contributed by atoms with van der Waals surface area (Å²) >= 11 is 0. The van der Waals surface area contributed by atoms with E-state index in [2.05, 4.69) is 30.3 Å². The zero-order valence-corrected chi connectivity index (χ0v) is 18.0. The topological polar surface area (TPSA) is 34.1 Å². The molecule has 0 bridgehead atoms. The Morgan fingerprint density at radius 3 is 2.52 bits per heavy atom. The zero-order chi connectivity index (χ0) is 21.4. The maximum Gasteiger partial charge on any atom is 0.182 e. The normalized spacial score (nSPS) is 15.2. The van der Waals surface area contributed by atoms with Gasteiger partial charge in [-0.25, -0.2) is 12.8 Å². The third-order valence-corrected chi connectivity index (χ3v) is 7.87. The molecule has 0 amide bonds. The van der Waals surface area contributed by atoms with E-state index in [4.69, 9.17) is 0 Å². The van der Waals surface area contributed by atoms with Crippen LogP contribution >= 0.6 is 0 Å². The van der Waals surface area contributed by atoms with Crippen molar-refractivity contribution in [3.8, 4) is 11.1 Å². The average Bonchev–Trinajstić information content (AvgIpc) is 2.78. The molecule has 0 saturated carbocycles. The average molecular weight is 431 g/mol. The lowest BCUT2D eigenvalue weighted by molar-refractivity contribution is 0.608. The Kier molecular flexibility index (Phi) is 5.11. The van der Waals surface area contributed by atoms with E-state index in [0.717, 1.165) is 31.2 Å². The predicted octanol–water partition coefficient (Wildman–Crippen LogP) is 6.01. The summed E-state index contributed by atoms with van der Waals surface area (Å²) in [6.07, 6.45) is 8.66. The number of sulfone groups is 1. The van der Waals surface area contributed by atoms with Gasteiger partial charge < -0.3 is 0 Å². The Balaban J connectivity index is 1.47. The number of aryl methyl sites for hydroxylation is 1. The van der Waals surface area contributed by atoms with Crippen molar-refractivity contribution in [1.82, 2.24) is 0 Å². The Bertz CT molecular complexity index is 1330. The number of allylic oxidation sites excluding steroid dienone is 1. The van der Waals surface area contributed by atoms with Crippen molar-refractivity contribution in [2.45, 2.75) is 25.7 Å². The minimum Gasteiger partial charge on any atom is -0.223 e. The summed E-state index contributed by atoms with van der Waals surface area (Å²) in [6.45, 7) is 0. The summed E-state index contributed by atoms with van der Waals surface area (Å²) in [5.41, 5.74) is 7.85. The fraction of sp³-hybridized carbons (Fsp3) is 0.185. The van der Waals surface area contributed by atoms with Crippen molar-refractivity contribution in [1.29, 1.82) is 0 Å². The molecule has 0 atom stereocenters. The van der Waals surface area contributed by atoms with Gasteiger partial charge in [-0.1, -0.05) is 66.8 Å². The van der Waals surface area contributed by atoms with Crippen molar-refractivity contribution in [2.75, 3.05) is 5.75 Å². The molecule has 0 spiro atoms. The van der Waals surface area contributed by atoms with Crippen molar-refractivity contribution >= 4 is 20.8 Å². The molecule has 0 radical (unpaired) electrons. The van der Waals surface area contributed by atoms with Crippen molar-refractivity contribution in [3.05, 3.63) is 106 Å². The smallest absolute Gasteiger partial charge is 0.182 e. The van der Waals surface area contributed by atoms with Crippen LogP contribution in [0.1, 0.15) is 34.2 Å². The fourth-order valence-electron chi connectivity index (χ4n) is 4.77. The van der Waals surface area contributed by atoms with Gasteiger partial charge in [0.2, 0.25) is 0 Å². The van der Waals surface area contributed by atoms with E-state index >= 15 is 0 Å². The molecule has 3 aromatic carbocycles. The Morgan fingerprint density at radius 1 is 0.839 bits per heavy atom. The third kappa shape index (κ3) is 3.77. The second-order valence-electron chi connectivity index (χ2n) is 8.12. The molecular weight excluding hydrogens is 407 g/mol. The number of halogens is 1. The highest BCUT2D eigenvalue weighted by Gasteiger charge is 2.27. The van der Waals surface area contributed by atoms with Crippen LogP contribution < -0.4 is 0 Å². The standard InChI is InChI=1S/C27H23FO2S/c28-21-9-3-6-19(18-21)7-5-17-31(29,30)27-12-4-11-23-25-14-13-20-8-1-2-10-22(20)24(25)15-16-26(23)27/h1-3,5-10,12,15-16,18H,4,11,13-14,17H2. The van der Waals surface area contributed by atoms with E-state index < -0.39 is 9.84 Å². The summed E-state index contributed by atoms with van der Waals surface area (Å²) in [4.78, 5) is 0.430. The number of hydrogen-bond donors (Lipinski definition) is 0. The molecule has 156 valence electrons. The molecule has 0 fully saturated rings. The minimum absolute atomic E-state index is 0.102. The highest BCUT2D eigenvalue weighted by Crippen LogP contribution is 2.41. The maximum atomic E-state index is 13.4. The van der Waals surface area contributed by atoms with Gasteiger partial charge in [-0.05, 0) is 76.8 Å². The molecule has 0 unspecified atom stereocenters. The third-order valence-electron chi connectivity index (χ3n) is 6.18. The number of hydrogen-bond acceptors (Lipinski definition) is 2. The van der Waals surface area contributed by atoms with Crippen LogP contribution in [0.2, 0.25) is 0 Å². The summed E-state index contributed by atoms with van der Waals surface area (Å²) < 4.78 is 39.7. The SMILES string of the molecule is O=S(=O)(CC=Cc1cccc(F)c1)C1=CCCc2c1ccc1c2CCc2ccccc2-1. The lowest BCUT2D eigenvalue weighted by Gasteiger charge is -2.27. The molecule has 5 rings (SSSR count). The van der Waals surface area contributed by atoms with Gasteiger partial charge in [-0.15, -0.1) is 0 Å². The second kappa shape index (κ2) is 7.93. The van der Waals surface area contributed by atoms with E-state index in [0.29, 0.717) is 10.5 Å². The molecule has 0 aliphatic heterocycles. The monoisotopic (exact) mass is 430 g/mol. The van der Waals surface area contributed by atoms with Crippen LogP contribution in [0.4, 0.5) is 4.39 Å². The first kappa shape index (κ1) is 20.0. The van der Waals surface area contributed by atoms with Crippen LogP contribution in [-0.2, 0) is 29.1 Å². The molecular formula is C27H23FO2S. The molecule has 0 N–H and O–H groups in total. The van der Waals surface area contributed by atoms with Gasteiger partial charge in [0.15, 0.2) is 9.84 Å². The maximum absolute atomic E-state index is 13.4. The van der Waals surface area contributed by atoms with Crippen LogP contribution in [0.3, 0.4) is 0 Å². The molecule has 0 saturated heterocycles. The summed E-state index contributed by atoms with van der Waals surface area (Å²) in [6, 6.07) is 18.7. The van der Waals surface area contributed by atoms with Crippen LogP contribution in [-0.4, -0.2) is 14.2 Å². The molecule has 0 aromatic heterocycles.